The predicted octanol–water partition coefficient (Wildman–Crippen LogP) is 3.93. The smallest absolute Gasteiger partial charge is 0.125 e. The van der Waals surface area contributed by atoms with Crippen LogP contribution in [0.2, 0.25) is 0 Å². The number of ether oxygens (including phenoxy) is 1. The number of benzene rings is 1. The molecular formula is C19H26FNO2. The van der Waals surface area contributed by atoms with E-state index < -0.39 is 0 Å². The molecule has 1 aromatic rings. The van der Waals surface area contributed by atoms with Gasteiger partial charge < -0.3 is 14.4 Å². The number of carbonyl (C=O) groups is 1. The Morgan fingerprint density at radius 2 is 2.22 bits per heavy atom. The minimum absolute atomic E-state index is 0.169. The summed E-state index contributed by atoms with van der Waals surface area (Å²) >= 11 is 0. The van der Waals surface area contributed by atoms with E-state index in [-0.39, 0.29) is 11.2 Å². The molecule has 1 saturated heterocycles. The van der Waals surface area contributed by atoms with Gasteiger partial charge in [-0.1, -0.05) is 27.4 Å². The molecule has 3 nitrogen and oxygen atoms in total. The van der Waals surface area contributed by atoms with Gasteiger partial charge in [0.2, 0.25) is 0 Å². The summed E-state index contributed by atoms with van der Waals surface area (Å²) < 4.78 is 19.5. The lowest BCUT2D eigenvalue weighted by molar-refractivity contribution is -0.107. The topological polar surface area (TPSA) is 29.5 Å². The average molecular weight is 319 g/mol. The molecule has 126 valence electrons. The molecule has 1 fully saturated rings. The van der Waals surface area contributed by atoms with Crippen LogP contribution in [0.3, 0.4) is 0 Å². The summed E-state index contributed by atoms with van der Waals surface area (Å²) in [6, 6.07) is 4.72. The minimum atomic E-state index is -0.237. The van der Waals surface area contributed by atoms with Gasteiger partial charge in [-0.2, -0.15) is 0 Å². The van der Waals surface area contributed by atoms with Crippen LogP contribution in [0, 0.1) is 11.7 Å². The summed E-state index contributed by atoms with van der Waals surface area (Å²) in [6.07, 6.45) is 2.30. The fourth-order valence-electron chi connectivity index (χ4n) is 2.90. The predicted molar refractivity (Wildman–Crippen MR) is 90.1 cm³/mol. The molecule has 1 aliphatic heterocycles. The van der Waals surface area contributed by atoms with Gasteiger partial charge in [-0.05, 0) is 30.0 Å². The summed E-state index contributed by atoms with van der Waals surface area (Å²) in [7, 11) is 0. The third-order valence-corrected chi connectivity index (χ3v) is 4.28. The molecule has 1 atom stereocenters. The Bertz CT molecular complexity index is 577. The molecule has 0 radical (unpaired) electrons. The summed E-state index contributed by atoms with van der Waals surface area (Å²) in [5.41, 5.74) is 1.59. The molecule has 0 aliphatic carbocycles. The van der Waals surface area contributed by atoms with E-state index >= 15 is 0 Å². The third kappa shape index (κ3) is 4.57. The van der Waals surface area contributed by atoms with Crippen molar-refractivity contribution in [2.24, 2.45) is 5.92 Å². The molecule has 4 heteroatoms. The van der Waals surface area contributed by atoms with E-state index in [2.05, 4.69) is 32.3 Å². The molecule has 0 amide bonds. The van der Waals surface area contributed by atoms with Crippen molar-refractivity contribution >= 4 is 6.29 Å². The molecule has 23 heavy (non-hydrogen) atoms. The molecule has 1 aliphatic rings. The van der Waals surface area contributed by atoms with Gasteiger partial charge in [0.1, 0.15) is 17.9 Å². The zero-order valence-electron chi connectivity index (χ0n) is 14.3. The van der Waals surface area contributed by atoms with E-state index in [1.807, 2.05) is 0 Å². The Morgan fingerprint density at radius 1 is 1.48 bits per heavy atom. The van der Waals surface area contributed by atoms with E-state index in [0.717, 1.165) is 42.8 Å². The normalized spacial score (nSPS) is 18.1. The standard InChI is InChI=1S/C19H26FNO2/c1-14(8-10-22)21-9-7-15(12-21)13-23-18-6-5-16(20)11-17(18)19(2,3)4/h5-6,10-11,15H,1,7-9,12-13H2,2-4H3. The SMILES string of the molecule is C=C(CC=O)N1CCC(COc2ccc(F)cc2C(C)(C)C)C1. The molecule has 0 bridgehead atoms. The molecule has 0 N–H and O–H groups in total. The number of nitrogens with zero attached hydrogens (tertiary/aromatic N) is 1. The molecule has 1 heterocycles. The summed E-state index contributed by atoms with van der Waals surface area (Å²) in [4.78, 5) is 12.7. The molecule has 0 saturated carbocycles. The van der Waals surface area contributed by atoms with Gasteiger partial charge in [0.05, 0.1) is 6.61 Å². The van der Waals surface area contributed by atoms with Crippen LogP contribution in [0.25, 0.3) is 0 Å². The number of carbonyl (C=O) groups excluding carboxylic acids is 1. The highest BCUT2D eigenvalue weighted by atomic mass is 19.1. The van der Waals surface area contributed by atoms with Gasteiger partial charge in [0.15, 0.2) is 0 Å². The van der Waals surface area contributed by atoms with Crippen molar-refractivity contribution in [3.63, 3.8) is 0 Å². The fourth-order valence-corrected chi connectivity index (χ4v) is 2.90. The fraction of sp³-hybridized carbons (Fsp3) is 0.526. The van der Waals surface area contributed by atoms with E-state index in [4.69, 9.17) is 4.74 Å². The highest BCUT2D eigenvalue weighted by Gasteiger charge is 2.25. The molecular weight excluding hydrogens is 293 g/mol. The van der Waals surface area contributed by atoms with Gasteiger partial charge in [-0.15, -0.1) is 0 Å². The number of halogens is 1. The maximum Gasteiger partial charge on any atom is 0.125 e. The number of hydrogen-bond acceptors (Lipinski definition) is 3. The maximum atomic E-state index is 13.5. The van der Waals surface area contributed by atoms with E-state index in [1.54, 1.807) is 12.1 Å². The molecule has 1 aromatic carbocycles. The van der Waals surface area contributed by atoms with Crippen LogP contribution in [-0.4, -0.2) is 30.9 Å². The minimum Gasteiger partial charge on any atom is -0.493 e. The number of hydrogen-bond donors (Lipinski definition) is 0. The Labute approximate surface area is 138 Å². The Balaban J connectivity index is 1.97. The van der Waals surface area contributed by atoms with Crippen molar-refractivity contribution in [1.29, 1.82) is 0 Å². The first-order valence-electron chi connectivity index (χ1n) is 8.10. The van der Waals surface area contributed by atoms with Crippen molar-refractivity contribution in [2.75, 3.05) is 19.7 Å². The van der Waals surface area contributed by atoms with Gasteiger partial charge in [0.25, 0.3) is 0 Å². The van der Waals surface area contributed by atoms with Crippen LogP contribution in [0.1, 0.15) is 39.2 Å². The second-order valence-corrected chi connectivity index (χ2v) is 7.24. The number of rotatable bonds is 6. The van der Waals surface area contributed by atoms with Gasteiger partial charge in [-0.25, -0.2) is 4.39 Å². The first-order chi connectivity index (χ1) is 10.8. The second kappa shape index (κ2) is 7.16. The largest absolute Gasteiger partial charge is 0.493 e. The second-order valence-electron chi connectivity index (χ2n) is 7.24. The van der Waals surface area contributed by atoms with Crippen LogP contribution in [0.4, 0.5) is 4.39 Å². The highest BCUT2D eigenvalue weighted by Crippen LogP contribution is 2.32. The average Bonchev–Trinajstić information content (AvgIpc) is 2.94. The monoisotopic (exact) mass is 319 g/mol. The Morgan fingerprint density at radius 3 is 2.87 bits per heavy atom. The zero-order chi connectivity index (χ0) is 17.0. The van der Waals surface area contributed by atoms with Crippen LogP contribution < -0.4 is 4.74 Å². The quantitative estimate of drug-likeness (QED) is 0.744. The molecule has 0 aromatic heterocycles. The van der Waals surface area contributed by atoms with Gasteiger partial charge in [0, 0.05) is 36.7 Å². The van der Waals surface area contributed by atoms with Crippen LogP contribution in [0.5, 0.6) is 5.75 Å². The van der Waals surface area contributed by atoms with E-state index in [0.29, 0.717) is 18.9 Å². The Kier molecular flexibility index (Phi) is 5.45. The van der Waals surface area contributed by atoms with Crippen LogP contribution >= 0.6 is 0 Å². The number of aldehydes is 1. The van der Waals surface area contributed by atoms with Crippen molar-refractivity contribution in [2.45, 2.75) is 39.0 Å². The highest BCUT2D eigenvalue weighted by molar-refractivity contribution is 5.53. The first-order valence-corrected chi connectivity index (χ1v) is 8.10. The molecule has 1 unspecified atom stereocenters. The lowest BCUT2D eigenvalue weighted by Crippen LogP contribution is -2.22. The van der Waals surface area contributed by atoms with Crippen LogP contribution in [-0.2, 0) is 10.2 Å². The summed E-state index contributed by atoms with van der Waals surface area (Å²) in [6.45, 7) is 12.5. The van der Waals surface area contributed by atoms with Crippen molar-refractivity contribution in [1.82, 2.24) is 4.90 Å². The molecule has 0 spiro atoms. The van der Waals surface area contributed by atoms with E-state index in [1.165, 1.54) is 6.07 Å². The number of allylic oxidation sites excluding steroid dienone is 1. The third-order valence-electron chi connectivity index (χ3n) is 4.28. The lowest BCUT2D eigenvalue weighted by atomic mass is 9.86. The van der Waals surface area contributed by atoms with Crippen LogP contribution in [0.15, 0.2) is 30.5 Å². The first kappa shape index (κ1) is 17.5. The summed E-state index contributed by atoms with van der Waals surface area (Å²) in [5, 5.41) is 0. The van der Waals surface area contributed by atoms with Crippen molar-refractivity contribution in [3.05, 3.63) is 41.9 Å². The summed E-state index contributed by atoms with van der Waals surface area (Å²) in [5.74, 6) is 0.917. The van der Waals surface area contributed by atoms with Crippen molar-refractivity contribution < 1.29 is 13.9 Å². The Hall–Kier alpha value is -1.84. The maximum absolute atomic E-state index is 13.5. The van der Waals surface area contributed by atoms with Crippen molar-refractivity contribution in [3.8, 4) is 5.75 Å². The van der Waals surface area contributed by atoms with Gasteiger partial charge >= 0.3 is 0 Å². The molecule has 2 rings (SSSR count). The number of likely N-dealkylation sites (tertiary alicyclic amines) is 1. The van der Waals surface area contributed by atoms with E-state index in [9.17, 15) is 9.18 Å². The lowest BCUT2D eigenvalue weighted by Gasteiger charge is -2.24. The zero-order valence-corrected chi connectivity index (χ0v) is 14.3. The van der Waals surface area contributed by atoms with Gasteiger partial charge in [-0.3, -0.25) is 0 Å².